The Kier molecular flexibility index (Phi) is 4.18. The van der Waals surface area contributed by atoms with Crippen molar-refractivity contribution in [3.8, 4) is 0 Å². The largest absolute Gasteiger partial charge is 0.388 e. The van der Waals surface area contributed by atoms with E-state index >= 15 is 0 Å². The van der Waals surface area contributed by atoms with Crippen LogP contribution in [0.5, 0.6) is 0 Å². The maximum Gasteiger partial charge on any atom is 0.0807 e. The minimum Gasteiger partial charge on any atom is -0.388 e. The summed E-state index contributed by atoms with van der Waals surface area (Å²) in [6, 6.07) is 2.22. The fourth-order valence-corrected chi connectivity index (χ4v) is 3.94. The average Bonchev–Trinajstić information content (AvgIpc) is 2.78. The summed E-state index contributed by atoms with van der Waals surface area (Å²) in [5.74, 6) is 0.812. The summed E-state index contributed by atoms with van der Waals surface area (Å²) in [4.78, 5) is 2.55. The number of aliphatic hydroxyl groups is 1. The topological polar surface area (TPSA) is 28.4 Å². The van der Waals surface area contributed by atoms with Gasteiger partial charge in [0.15, 0.2) is 0 Å². The van der Waals surface area contributed by atoms with Gasteiger partial charge in [-0.25, -0.2) is 0 Å². The number of aliphatic hydroxyl groups excluding tert-OH is 1. The molecular formula is C17H28N2O. The number of likely N-dealkylation sites (tertiary alicyclic amines) is 1. The van der Waals surface area contributed by atoms with Gasteiger partial charge in [-0.15, -0.1) is 0 Å². The highest BCUT2D eigenvalue weighted by molar-refractivity contribution is 5.31. The van der Waals surface area contributed by atoms with Crippen LogP contribution in [-0.2, 0) is 13.0 Å². The molecule has 3 nitrogen and oxygen atoms in total. The predicted molar refractivity (Wildman–Crippen MR) is 81.9 cm³/mol. The number of aryl methyl sites for hydroxylation is 1. The lowest BCUT2D eigenvalue weighted by atomic mass is 9.94. The normalized spacial score (nSPS) is 24.9. The lowest BCUT2D eigenvalue weighted by Crippen LogP contribution is -2.35. The van der Waals surface area contributed by atoms with Crippen LogP contribution in [0.4, 0.5) is 0 Å². The number of nitrogens with zero attached hydrogens (tertiary/aromatic N) is 2. The highest BCUT2D eigenvalue weighted by atomic mass is 16.3. The quantitative estimate of drug-likeness (QED) is 0.919. The van der Waals surface area contributed by atoms with Gasteiger partial charge in [0.1, 0.15) is 0 Å². The molecule has 0 aromatic carbocycles. The first-order chi connectivity index (χ1) is 9.69. The second kappa shape index (κ2) is 5.90. The summed E-state index contributed by atoms with van der Waals surface area (Å²) in [5.41, 5.74) is 3.97. The van der Waals surface area contributed by atoms with E-state index in [4.69, 9.17) is 0 Å². The maximum atomic E-state index is 10.2. The van der Waals surface area contributed by atoms with E-state index < -0.39 is 0 Å². The van der Waals surface area contributed by atoms with Gasteiger partial charge in [0, 0.05) is 23.5 Å². The van der Waals surface area contributed by atoms with E-state index in [1.165, 1.54) is 49.4 Å². The van der Waals surface area contributed by atoms with Crippen molar-refractivity contribution in [2.24, 2.45) is 5.92 Å². The third-order valence-corrected chi connectivity index (χ3v) is 5.29. The second-order valence-electron chi connectivity index (χ2n) is 6.58. The number of hydrogen-bond donors (Lipinski definition) is 1. The van der Waals surface area contributed by atoms with Gasteiger partial charge in [0.05, 0.1) is 6.10 Å². The Balaban J connectivity index is 1.72. The van der Waals surface area contributed by atoms with Gasteiger partial charge in [-0.3, -0.25) is 0 Å². The van der Waals surface area contributed by atoms with Gasteiger partial charge in [-0.2, -0.15) is 0 Å². The van der Waals surface area contributed by atoms with Crippen molar-refractivity contribution >= 4 is 0 Å². The molecule has 1 fully saturated rings. The molecule has 1 aromatic rings. The molecule has 20 heavy (non-hydrogen) atoms. The SMILES string of the molecule is CCN1CCC(Cn2c(C)cc3c2CCCC3O)CC1. The molecule has 0 saturated carbocycles. The molecule has 1 aliphatic heterocycles. The van der Waals surface area contributed by atoms with Crippen molar-refractivity contribution in [1.29, 1.82) is 0 Å². The zero-order valence-electron chi connectivity index (χ0n) is 12.9. The summed E-state index contributed by atoms with van der Waals surface area (Å²) < 4.78 is 2.50. The van der Waals surface area contributed by atoms with Crippen LogP contribution in [-0.4, -0.2) is 34.2 Å². The van der Waals surface area contributed by atoms with E-state index in [1.54, 1.807) is 0 Å². The van der Waals surface area contributed by atoms with Crippen molar-refractivity contribution in [2.75, 3.05) is 19.6 Å². The van der Waals surface area contributed by atoms with Gasteiger partial charge in [-0.05, 0) is 70.6 Å². The maximum absolute atomic E-state index is 10.2. The molecule has 0 bridgehead atoms. The van der Waals surface area contributed by atoms with Crippen molar-refractivity contribution in [1.82, 2.24) is 9.47 Å². The van der Waals surface area contributed by atoms with E-state index in [0.717, 1.165) is 31.7 Å². The third kappa shape index (κ3) is 2.66. The molecule has 0 amide bonds. The third-order valence-electron chi connectivity index (χ3n) is 5.29. The lowest BCUT2D eigenvalue weighted by molar-refractivity contribution is 0.154. The highest BCUT2D eigenvalue weighted by Crippen LogP contribution is 2.33. The predicted octanol–water partition coefficient (Wildman–Crippen LogP) is 2.90. The van der Waals surface area contributed by atoms with Gasteiger partial charge < -0.3 is 14.6 Å². The summed E-state index contributed by atoms with van der Waals surface area (Å²) >= 11 is 0. The summed E-state index contributed by atoms with van der Waals surface area (Å²) in [5, 5.41) is 10.2. The number of fused-ring (bicyclic) bond motifs is 1. The first-order valence-electron chi connectivity index (χ1n) is 8.28. The van der Waals surface area contributed by atoms with Crippen LogP contribution in [0.3, 0.4) is 0 Å². The molecule has 1 aliphatic carbocycles. The Morgan fingerprint density at radius 2 is 2.00 bits per heavy atom. The van der Waals surface area contributed by atoms with Gasteiger partial charge >= 0.3 is 0 Å². The molecule has 2 heterocycles. The van der Waals surface area contributed by atoms with Crippen LogP contribution < -0.4 is 0 Å². The summed E-state index contributed by atoms with van der Waals surface area (Å²) in [6.45, 7) is 9.32. The monoisotopic (exact) mass is 276 g/mol. The number of aromatic nitrogens is 1. The van der Waals surface area contributed by atoms with Gasteiger partial charge in [-0.1, -0.05) is 6.92 Å². The molecule has 3 heteroatoms. The molecule has 3 rings (SSSR count). The number of rotatable bonds is 3. The number of piperidine rings is 1. The van der Waals surface area contributed by atoms with E-state index in [9.17, 15) is 5.11 Å². The zero-order valence-corrected chi connectivity index (χ0v) is 12.9. The van der Waals surface area contributed by atoms with Crippen LogP contribution in [0.15, 0.2) is 6.07 Å². The van der Waals surface area contributed by atoms with E-state index in [2.05, 4.69) is 29.4 Å². The lowest BCUT2D eigenvalue weighted by Gasteiger charge is -2.32. The van der Waals surface area contributed by atoms with Crippen molar-refractivity contribution in [3.63, 3.8) is 0 Å². The Morgan fingerprint density at radius 3 is 2.70 bits per heavy atom. The van der Waals surface area contributed by atoms with Crippen molar-refractivity contribution < 1.29 is 5.11 Å². The molecule has 112 valence electrons. The first-order valence-corrected chi connectivity index (χ1v) is 8.28. The number of hydrogen-bond acceptors (Lipinski definition) is 2. The Bertz CT molecular complexity index is 458. The van der Waals surface area contributed by atoms with E-state index in [0.29, 0.717) is 0 Å². The second-order valence-corrected chi connectivity index (χ2v) is 6.58. The smallest absolute Gasteiger partial charge is 0.0807 e. The van der Waals surface area contributed by atoms with E-state index in [1.807, 2.05) is 0 Å². The molecular weight excluding hydrogens is 248 g/mol. The zero-order chi connectivity index (χ0) is 14.1. The molecule has 1 N–H and O–H groups in total. The van der Waals surface area contributed by atoms with Crippen LogP contribution in [0.1, 0.15) is 55.7 Å². The Hall–Kier alpha value is -0.800. The molecule has 0 spiro atoms. The van der Waals surface area contributed by atoms with Crippen LogP contribution >= 0.6 is 0 Å². The molecule has 2 aliphatic rings. The van der Waals surface area contributed by atoms with Gasteiger partial charge in [0.2, 0.25) is 0 Å². The fourth-order valence-electron chi connectivity index (χ4n) is 3.94. The molecule has 1 unspecified atom stereocenters. The van der Waals surface area contributed by atoms with Crippen molar-refractivity contribution in [2.45, 2.75) is 58.6 Å². The molecule has 1 atom stereocenters. The first kappa shape index (κ1) is 14.2. The Morgan fingerprint density at radius 1 is 1.25 bits per heavy atom. The molecule has 1 saturated heterocycles. The Labute approximate surface area is 122 Å². The highest BCUT2D eigenvalue weighted by Gasteiger charge is 2.25. The molecule has 0 radical (unpaired) electrons. The minimum atomic E-state index is -0.222. The van der Waals surface area contributed by atoms with E-state index in [-0.39, 0.29) is 6.10 Å². The average molecular weight is 276 g/mol. The summed E-state index contributed by atoms with van der Waals surface area (Å²) in [6.07, 6.45) is 5.64. The van der Waals surface area contributed by atoms with Crippen molar-refractivity contribution in [3.05, 3.63) is 23.0 Å². The molecule has 1 aromatic heterocycles. The van der Waals surface area contributed by atoms with Crippen LogP contribution in [0, 0.1) is 12.8 Å². The summed E-state index contributed by atoms with van der Waals surface area (Å²) in [7, 11) is 0. The minimum absolute atomic E-state index is 0.222. The van der Waals surface area contributed by atoms with Crippen LogP contribution in [0.2, 0.25) is 0 Å². The van der Waals surface area contributed by atoms with Crippen LogP contribution in [0.25, 0.3) is 0 Å². The fraction of sp³-hybridized carbons (Fsp3) is 0.765. The standard InChI is InChI=1S/C17H28N2O/c1-3-18-9-7-14(8-10-18)12-19-13(2)11-15-16(19)5-4-6-17(15)20/h11,14,17,20H,3-10,12H2,1-2H3. The van der Waals surface area contributed by atoms with Gasteiger partial charge in [0.25, 0.3) is 0 Å².